The molecule has 1 nitrogen and oxygen atoms in total. The largest absolute Gasteiger partial charge is 0.281 e. The zero-order chi connectivity index (χ0) is 8.82. The topological polar surface area (TPSA) is 17.1 Å². The fraction of sp³-hybridized carbons (Fsp3) is 0.889. The summed E-state index contributed by atoms with van der Waals surface area (Å²) in [5, 5.41) is -0.246. The van der Waals surface area contributed by atoms with Gasteiger partial charge >= 0.3 is 0 Å². The van der Waals surface area contributed by atoms with Gasteiger partial charge in [0.25, 0.3) is 0 Å². The molecule has 3 heteroatoms. The van der Waals surface area contributed by atoms with Crippen LogP contribution in [0.5, 0.6) is 0 Å². The molecule has 0 heterocycles. The summed E-state index contributed by atoms with van der Waals surface area (Å²) in [6.45, 7) is 0. The molecule has 0 saturated heterocycles. The number of carbonyl (C=O) groups excluding carboxylic acids is 1. The van der Waals surface area contributed by atoms with Crippen LogP contribution in [-0.2, 0) is 4.79 Å². The standard InChI is InChI=1S/C9H12ClFO/c10-7(12)8-1-4-9(11,5-2-8)6-3-8/h1-6H2. The monoisotopic (exact) mass is 190 g/mol. The Kier molecular flexibility index (Phi) is 1.73. The molecule has 3 rings (SSSR count). The van der Waals surface area contributed by atoms with Gasteiger partial charge in [0.05, 0.1) is 0 Å². The Morgan fingerprint density at radius 1 is 1.08 bits per heavy atom. The minimum atomic E-state index is -0.964. The predicted molar refractivity (Wildman–Crippen MR) is 44.8 cm³/mol. The van der Waals surface area contributed by atoms with E-state index in [0.717, 1.165) is 0 Å². The molecule has 3 saturated carbocycles. The first-order chi connectivity index (χ1) is 5.56. The number of carbonyl (C=O) groups is 1. The van der Waals surface area contributed by atoms with Crippen LogP contribution < -0.4 is 0 Å². The highest BCUT2D eigenvalue weighted by atomic mass is 35.5. The smallest absolute Gasteiger partial charge is 0.227 e. The van der Waals surface area contributed by atoms with Gasteiger partial charge in [0, 0.05) is 5.41 Å². The molecule has 0 aromatic carbocycles. The Bertz CT molecular complexity index is 202. The maximum absolute atomic E-state index is 13.6. The van der Waals surface area contributed by atoms with E-state index < -0.39 is 5.67 Å². The molecule has 0 aromatic heterocycles. The van der Waals surface area contributed by atoms with Gasteiger partial charge in [0.15, 0.2) is 0 Å². The molecule has 0 atom stereocenters. The molecule has 0 spiro atoms. The molecule has 0 unspecified atom stereocenters. The summed E-state index contributed by atoms with van der Waals surface area (Å²) in [6, 6.07) is 0. The normalized spacial score (nSPS) is 46.2. The molecule has 2 bridgehead atoms. The van der Waals surface area contributed by atoms with E-state index in [1.54, 1.807) is 0 Å². The van der Waals surface area contributed by atoms with Crippen molar-refractivity contribution in [3.05, 3.63) is 0 Å². The van der Waals surface area contributed by atoms with Crippen molar-refractivity contribution in [1.29, 1.82) is 0 Å². The van der Waals surface area contributed by atoms with Crippen molar-refractivity contribution in [1.82, 2.24) is 0 Å². The molecule has 0 amide bonds. The predicted octanol–water partition coefficient (Wildman–Crippen LogP) is 2.81. The number of halogens is 2. The molecular weight excluding hydrogens is 179 g/mol. The molecule has 0 radical (unpaired) electrons. The molecular formula is C9H12ClFO. The van der Waals surface area contributed by atoms with Crippen LogP contribution in [0.1, 0.15) is 38.5 Å². The zero-order valence-electron chi connectivity index (χ0n) is 6.91. The Balaban J connectivity index is 2.20. The number of rotatable bonds is 1. The SMILES string of the molecule is O=C(Cl)C12CCC(F)(CC1)CC2. The Morgan fingerprint density at radius 2 is 1.50 bits per heavy atom. The summed E-state index contributed by atoms with van der Waals surface area (Å²) >= 11 is 5.52. The Hall–Kier alpha value is -0.110. The number of fused-ring (bicyclic) bond motifs is 3. The molecule has 68 valence electrons. The zero-order valence-corrected chi connectivity index (χ0v) is 7.66. The summed E-state index contributed by atoms with van der Waals surface area (Å²) < 4.78 is 13.6. The first-order valence-corrected chi connectivity index (χ1v) is 4.83. The molecule has 3 aliphatic carbocycles. The maximum Gasteiger partial charge on any atom is 0.227 e. The highest BCUT2D eigenvalue weighted by molar-refractivity contribution is 6.64. The van der Waals surface area contributed by atoms with Crippen LogP contribution >= 0.6 is 11.6 Å². The van der Waals surface area contributed by atoms with Crippen LogP contribution in [0.2, 0.25) is 0 Å². The van der Waals surface area contributed by atoms with Crippen molar-refractivity contribution >= 4 is 16.8 Å². The fourth-order valence-electron chi connectivity index (χ4n) is 2.43. The average Bonchev–Trinajstić information content (AvgIpc) is 2.06. The second-order valence-electron chi connectivity index (χ2n) is 4.20. The number of hydrogen-bond donors (Lipinski definition) is 0. The Morgan fingerprint density at radius 3 is 1.83 bits per heavy atom. The van der Waals surface area contributed by atoms with Gasteiger partial charge in [-0.05, 0) is 50.1 Å². The van der Waals surface area contributed by atoms with Crippen molar-refractivity contribution in [3.63, 3.8) is 0 Å². The average molecular weight is 191 g/mol. The summed E-state index contributed by atoms with van der Waals surface area (Å²) in [6.07, 6.45) is 3.58. The summed E-state index contributed by atoms with van der Waals surface area (Å²) in [5.41, 5.74) is -1.32. The summed E-state index contributed by atoms with van der Waals surface area (Å²) in [4.78, 5) is 11.1. The van der Waals surface area contributed by atoms with Crippen LogP contribution in [0, 0.1) is 5.41 Å². The van der Waals surface area contributed by atoms with Crippen molar-refractivity contribution in [2.45, 2.75) is 44.2 Å². The summed E-state index contributed by atoms with van der Waals surface area (Å²) in [5.74, 6) is 0. The third-order valence-electron chi connectivity index (χ3n) is 3.57. The number of hydrogen-bond acceptors (Lipinski definition) is 1. The van der Waals surface area contributed by atoms with E-state index in [0.29, 0.717) is 38.5 Å². The number of alkyl halides is 1. The molecule has 3 fully saturated rings. The molecule has 3 aliphatic rings. The first kappa shape index (κ1) is 8.49. The van der Waals surface area contributed by atoms with Crippen molar-refractivity contribution in [2.75, 3.05) is 0 Å². The lowest BCUT2D eigenvalue weighted by Gasteiger charge is -2.47. The van der Waals surface area contributed by atoms with Gasteiger partial charge in [-0.15, -0.1) is 0 Å². The van der Waals surface area contributed by atoms with E-state index >= 15 is 0 Å². The van der Waals surface area contributed by atoms with Crippen LogP contribution in [0.3, 0.4) is 0 Å². The van der Waals surface area contributed by atoms with E-state index in [2.05, 4.69) is 0 Å². The first-order valence-electron chi connectivity index (χ1n) is 4.45. The second kappa shape index (κ2) is 2.44. The third-order valence-corrected chi connectivity index (χ3v) is 3.97. The van der Waals surface area contributed by atoms with Crippen LogP contribution in [0.15, 0.2) is 0 Å². The van der Waals surface area contributed by atoms with Gasteiger partial charge in [-0.2, -0.15) is 0 Å². The lowest BCUT2D eigenvalue weighted by Crippen LogP contribution is -2.45. The van der Waals surface area contributed by atoms with E-state index in [1.807, 2.05) is 0 Å². The van der Waals surface area contributed by atoms with E-state index in [-0.39, 0.29) is 10.7 Å². The Labute approximate surface area is 76.3 Å². The third kappa shape index (κ3) is 1.08. The highest BCUT2D eigenvalue weighted by Crippen LogP contribution is 2.54. The molecule has 12 heavy (non-hydrogen) atoms. The molecule has 0 aliphatic heterocycles. The van der Waals surface area contributed by atoms with Gasteiger partial charge in [0.2, 0.25) is 5.24 Å². The lowest BCUT2D eigenvalue weighted by molar-refractivity contribution is -0.130. The van der Waals surface area contributed by atoms with E-state index in [9.17, 15) is 9.18 Å². The van der Waals surface area contributed by atoms with Crippen molar-refractivity contribution < 1.29 is 9.18 Å². The summed E-state index contributed by atoms with van der Waals surface area (Å²) in [7, 11) is 0. The molecule has 0 aromatic rings. The van der Waals surface area contributed by atoms with Crippen LogP contribution in [0.25, 0.3) is 0 Å². The fourth-order valence-corrected chi connectivity index (χ4v) is 2.72. The van der Waals surface area contributed by atoms with Gasteiger partial charge in [-0.1, -0.05) is 0 Å². The highest BCUT2D eigenvalue weighted by Gasteiger charge is 2.52. The van der Waals surface area contributed by atoms with Gasteiger partial charge < -0.3 is 0 Å². The quantitative estimate of drug-likeness (QED) is 0.582. The molecule has 0 N–H and O–H groups in total. The maximum atomic E-state index is 13.6. The van der Waals surface area contributed by atoms with Gasteiger partial charge in [-0.25, -0.2) is 4.39 Å². The lowest BCUT2D eigenvalue weighted by atomic mass is 9.60. The van der Waals surface area contributed by atoms with Gasteiger partial charge in [0.1, 0.15) is 5.67 Å². The van der Waals surface area contributed by atoms with E-state index in [4.69, 9.17) is 11.6 Å². The van der Waals surface area contributed by atoms with Crippen molar-refractivity contribution in [3.8, 4) is 0 Å². The van der Waals surface area contributed by atoms with Gasteiger partial charge in [-0.3, -0.25) is 4.79 Å². The second-order valence-corrected chi connectivity index (χ2v) is 4.55. The van der Waals surface area contributed by atoms with Crippen LogP contribution in [-0.4, -0.2) is 10.9 Å². The minimum Gasteiger partial charge on any atom is -0.281 e. The van der Waals surface area contributed by atoms with Crippen molar-refractivity contribution in [2.24, 2.45) is 5.41 Å². The van der Waals surface area contributed by atoms with E-state index in [1.165, 1.54) is 0 Å². The van der Waals surface area contributed by atoms with Crippen LogP contribution in [0.4, 0.5) is 4.39 Å². The minimum absolute atomic E-state index is 0.246.